The molecule has 100 valence electrons. The molecular formula is C13H14ClN3O2. The van der Waals surface area contributed by atoms with E-state index in [1.54, 1.807) is 7.11 Å². The maximum absolute atomic E-state index is 6.21. The van der Waals surface area contributed by atoms with Crippen LogP contribution >= 0.6 is 11.6 Å². The van der Waals surface area contributed by atoms with Gasteiger partial charge in [-0.25, -0.2) is 4.98 Å². The van der Waals surface area contributed by atoms with Gasteiger partial charge in [-0.1, -0.05) is 17.7 Å². The molecule has 0 radical (unpaired) electrons. The van der Waals surface area contributed by atoms with Gasteiger partial charge < -0.3 is 14.4 Å². The molecule has 5 nitrogen and oxygen atoms in total. The Labute approximate surface area is 116 Å². The van der Waals surface area contributed by atoms with Crippen LogP contribution in [0, 0.1) is 0 Å². The molecule has 1 fully saturated rings. The first-order valence-electron chi connectivity index (χ1n) is 6.12. The van der Waals surface area contributed by atoms with Crippen molar-refractivity contribution in [1.82, 2.24) is 9.97 Å². The number of hydrogen-bond acceptors (Lipinski definition) is 5. The van der Waals surface area contributed by atoms with Crippen molar-refractivity contribution < 1.29 is 9.47 Å². The van der Waals surface area contributed by atoms with Crippen molar-refractivity contribution in [3.63, 3.8) is 0 Å². The quantitative estimate of drug-likeness (QED) is 0.843. The molecule has 0 spiro atoms. The zero-order valence-electron chi connectivity index (χ0n) is 10.6. The summed E-state index contributed by atoms with van der Waals surface area (Å²) in [5.74, 6) is 1.19. The number of aromatic nitrogens is 2. The number of fused-ring (bicyclic) bond motifs is 1. The van der Waals surface area contributed by atoms with Crippen LogP contribution in [0.15, 0.2) is 18.2 Å². The molecule has 3 rings (SSSR count). The normalized spacial score (nSPS) is 15.8. The molecule has 0 bridgehead atoms. The van der Waals surface area contributed by atoms with E-state index >= 15 is 0 Å². The van der Waals surface area contributed by atoms with Crippen LogP contribution in [-0.2, 0) is 4.74 Å². The Bertz CT molecular complexity index is 600. The minimum Gasteiger partial charge on any atom is -0.480 e. The van der Waals surface area contributed by atoms with Crippen molar-refractivity contribution >= 4 is 28.5 Å². The fourth-order valence-electron chi connectivity index (χ4n) is 2.14. The molecule has 2 heterocycles. The fourth-order valence-corrected chi connectivity index (χ4v) is 2.35. The van der Waals surface area contributed by atoms with Crippen LogP contribution in [0.5, 0.6) is 5.88 Å². The highest BCUT2D eigenvalue weighted by atomic mass is 35.5. The number of methoxy groups -OCH3 is 1. The van der Waals surface area contributed by atoms with Crippen molar-refractivity contribution in [3.05, 3.63) is 23.2 Å². The summed E-state index contributed by atoms with van der Waals surface area (Å²) >= 11 is 6.21. The van der Waals surface area contributed by atoms with Crippen LogP contribution in [0.4, 0.5) is 5.95 Å². The van der Waals surface area contributed by atoms with E-state index in [2.05, 4.69) is 14.9 Å². The number of benzene rings is 1. The average Bonchev–Trinajstić information content (AvgIpc) is 2.48. The minimum atomic E-state index is 0.550. The summed E-state index contributed by atoms with van der Waals surface area (Å²) in [6.07, 6.45) is 0. The van der Waals surface area contributed by atoms with Crippen LogP contribution in [0.3, 0.4) is 0 Å². The van der Waals surface area contributed by atoms with Gasteiger partial charge in [0.05, 0.1) is 36.2 Å². The first-order valence-corrected chi connectivity index (χ1v) is 6.50. The van der Waals surface area contributed by atoms with Crippen molar-refractivity contribution in [2.24, 2.45) is 0 Å². The topological polar surface area (TPSA) is 47.5 Å². The van der Waals surface area contributed by atoms with Crippen LogP contribution in [0.2, 0.25) is 5.02 Å². The molecular weight excluding hydrogens is 266 g/mol. The second-order valence-electron chi connectivity index (χ2n) is 4.27. The lowest BCUT2D eigenvalue weighted by molar-refractivity contribution is 0.122. The molecule has 1 aromatic heterocycles. The maximum Gasteiger partial charge on any atom is 0.229 e. The number of halogens is 1. The van der Waals surface area contributed by atoms with Crippen molar-refractivity contribution in [2.75, 3.05) is 38.3 Å². The second kappa shape index (κ2) is 5.19. The van der Waals surface area contributed by atoms with Gasteiger partial charge in [0.2, 0.25) is 11.8 Å². The molecule has 0 atom stereocenters. The third-order valence-corrected chi connectivity index (χ3v) is 3.42. The fraction of sp³-hybridized carbons (Fsp3) is 0.385. The van der Waals surface area contributed by atoms with Gasteiger partial charge in [0.1, 0.15) is 0 Å². The lowest BCUT2D eigenvalue weighted by Crippen LogP contribution is -2.37. The average molecular weight is 280 g/mol. The van der Waals surface area contributed by atoms with Crippen LogP contribution in [0.1, 0.15) is 0 Å². The molecule has 1 aliphatic heterocycles. The summed E-state index contributed by atoms with van der Waals surface area (Å²) in [6, 6.07) is 5.59. The molecule has 1 aliphatic rings. The summed E-state index contributed by atoms with van der Waals surface area (Å²) in [5.41, 5.74) is 0.720. The highest BCUT2D eigenvalue weighted by Gasteiger charge is 2.17. The predicted molar refractivity (Wildman–Crippen MR) is 74.1 cm³/mol. The molecule has 0 N–H and O–H groups in total. The monoisotopic (exact) mass is 279 g/mol. The molecule has 6 heteroatoms. The summed E-state index contributed by atoms with van der Waals surface area (Å²) in [4.78, 5) is 11.1. The largest absolute Gasteiger partial charge is 0.480 e. The smallest absolute Gasteiger partial charge is 0.229 e. The highest BCUT2D eigenvalue weighted by molar-refractivity contribution is 6.35. The maximum atomic E-state index is 6.21. The minimum absolute atomic E-state index is 0.550. The van der Waals surface area contributed by atoms with Gasteiger partial charge in [0.15, 0.2) is 0 Å². The Morgan fingerprint density at radius 2 is 2.05 bits per heavy atom. The number of para-hydroxylation sites is 1. The number of morpholine rings is 1. The highest BCUT2D eigenvalue weighted by Crippen LogP contribution is 2.29. The van der Waals surface area contributed by atoms with E-state index in [4.69, 9.17) is 21.1 Å². The van der Waals surface area contributed by atoms with E-state index in [1.807, 2.05) is 18.2 Å². The number of anilines is 1. The molecule has 0 saturated carbocycles. The Kier molecular flexibility index (Phi) is 3.40. The molecule has 0 aliphatic carbocycles. The van der Waals surface area contributed by atoms with Crippen LogP contribution < -0.4 is 9.64 Å². The van der Waals surface area contributed by atoms with Crippen LogP contribution in [0.25, 0.3) is 10.9 Å². The summed E-state index contributed by atoms with van der Waals surface area (Å²) < 4.78 is 10.7. The standard InChI is InChI=1S/C13H14ClN3O2/c1-18-12-9-3-2-4-10(14)11(9)15-13(16-12)17-5-7-19-8-6-17/h2-4H,5-8H2,1H3. The Morgan fingerprint density at radius 1 is 1.26 bits per heavy atom. The van der Waals surface area contributed by atoms with Crippen LogP contribution in [-0.4, -0.2) is 43.4 Å². The molecule has 0 amide bonds. The van der Waals surface area contributed by atoms with E-state index < -0.39 is 0 Å². The van der Waals surface area contributed by atoms with Gasteiger partial charge >= 0.3 is 0 Å². The first kappa shape index (κ1) is 12.4. The first-order chi connectivity index (χ1) is 9.29. The number of nitrogens with zero attached hydrogens (tertiary/aromatic N) is 3. The van der Waals surface area contributed by atoms with Gasteiger partial charge in [-0.3, -0.25) is 0 Å². The summed E-state index contributed by atoms with van der Waals surface area (Å²) in [7, 11) is 1.60. The molecule has 2 aromatic rings. The molecule has 0 unspecified atom stereocenters. The van der Waals surface area contributed by atoms with Gasteiger partial charge in [-0.05, 0) is 12.1 Å². The summed E-state index contributed by atoms with van der Waals surface area (Å²) in [5, 5.41) is 1.43. The third-order valence-electron chi connectivity index (χ3n) is 3.12. The van der Waals surface area contributed by atoms with Gasteiger partial charge in [-0.2, -0.15) is 4.98 Å². The van der Waals surface area contributed by atoms with E-state index in [1.165, 1.54) is 0 Å². The Morgan fingerprint density at radius 3 is 2.79 bits per heavy atom. The second-order valence-corrected chi connectivity index (χ2v) is 4.68. The van der Waals surface area contributed by atoms with Gasteiger partial charge in [0, 0.05) is 13.1 Å². The molecule has 1 saturated heterocycles. The summed E-state index contributed by atoms with van der Waals surface area (Å²) in [6.45, 7) is 2.93. The van der Waals surface area contributed by atoms with E-state index in [0.717, 1.165) is 24.0 Å². The lowest BCUT2D eigenvalue weighted by Gasteiger charge is -2.27. The molecule has 1 aromatic carbocycles. The number of hydrogen-bond donors (Lipinski definition) is 0. The number of rotatable bonds is 2. The number of ether oxygens (including phenoxy) is 2. The predicted octanol–water partition coefficient (Wildman–Crippen LogP) is 2.13. The molecule has 19 heavy (non-hydrogen) atoms. The van der Waals surface area contributed by atoms with E-state index in [0.29, 0.717) is 30.1 Å². The third kappa shape index (κ3) is 2.31. The Hall–Kier alpha value is -1.59. The SMILES string of the molecule is COc1nc(N2CCOCC2)nc2c(Cl)cccc12. The Balaban J connectivity index is 2.12. The zero-order chi connectivity index (χ0) is 13.2. The van der Waals surface area contributed by atoms with Gasteiger partial charge in [0.25, 0.3) is 0 Å². The van der Waals surface area contributed by atoms with Crippen molar-refractivity contribution in [1.29, 1.82) is 0 Å². The van der Waals surface area contributed by atoms with Gasteiger partial charge in [-0.15, -0.1) is 0 Å². The van der Waals surface area contributed by atoms with E-state index in [-0.39, 0.29) is 0 Å². The van der Waals surface area contributed by atoms with Crippen molar-refractivity contribution in [2.45, 2.75) is 0 Å². The van der Waals surface area contributed by atoms with Crippen molar-refractivity contribution in [3.8, 4) is 5.88 Å². The zero-order valence-corrected chi connectivity index (χ0v) is 11.4. The van der Waals surface area contributed by atoms with E-state index in [9.17, 15) is 0 Å². The lowest BCUT2D eigenvalue weighted by atomic mass is 10.2.